The van der Waals surface area contributed by atoms with E-state index in [4.69, 9.17) is 0 Å². The van der Waals surface area contributed by atoms with Gasteiger partial charge >= 0.3 is 0 Å². The van der Waals surface area contributed by atoms with Crippen molar-refractivity contribution in [3.8, 4) is 6.07 Å². The van der Waals surface area contributed by atoms with E-state index in [-0.39, 0.29) is 23.6 Å². The lowest BCUT2D eigenvalue weighted by atomic mass is 9.90. The Labute approximate surface area is 167 Å². The third kappa shape index (κ3) is 6.22. The lowest BCUT2D eigenvalue weighted by Crippen LogP contribution is -2.49. The van der Waals surface area contributed by atoms with Crippen LogP contribution in [0.4, 0.5) is 0 Å². The molecule has 0 spiro atoms. The first-order valence-corrected chi connectivity index (χ1v) is 10.6. The Morgan fingerprint density at radius 1 is 1.37 bits per heavy atom. The molecular weight excluding hydrogens is 360 g/mol. The molecule has 0 aliphatic heterocycles. The predicted octanol–water partition coefficient (Wildman–Crippen LogP) is 3.24. The van der Waals surface area contributed by atoms with E-state index in [9.17, 15) is 10.1 Å². The standard InChI is InChI=1S/C19H34N6OS/c1-8-10-11-25-17(15(9-2)24(6)7)22-23-18(25)27-12-16(26)21-19(5,13-20)14(3)4/h14-15H,8-12H2,1-7H3,(H,21,26)/t15-,19+/m0/s1. The van der Waals surface area contributed by atoms with E-state index in [0.29, 0.717) is 0 Å². The van der Waals surface area contributed by atoms with Crippen molar-refractivity contribution in [3.63, 3.8) is 0 Å². The van der Waals surface area contributed by atoms with Gasteiger partial charge in [-0.15, -0.1) is 10.2 Å². The Kier molecular flexibility index (Phi) is 9.27. The highest BCUT2D eigenvalue weighted by molar-refractivity contribution is 7.99. The van der Waals surface area contributed by atoms with Gasteiger partial charge in [-0.05, 0) is 39.8 Å². The zero-order chi connectivity index (χ0) is 20.6. The SMILES string of the molecule is CCCCn1c(SCC(=O)N[C@](C)(C#N)C(C)C)nnc1[C@H](CC)N(C)C. The fourth-order valence-electron chi connectivity index (χ4n) is 2.72. The number of unbranched alkanes of at least 4 members (excludes halogenated alkanes) is 1. The van der Waals surface area contributed by atoms with E-state index < -0.39 is 5.54 Å². The van der Waals surface area contributed by atoms with Gasteiger partial charge in [-0.25, -0.2) is 0 Å². The number of thioether (sulfide) groups is 1. The molecule has 1 heterocycles. The Morgan fingerprint density at radius 2 is 2.04 bits per heavy atom. The van der Waals surface area contributed by atoms with Crippen LogP contribution in [0.1, 0.15) is 65.7 Å². The molecule has 0 fully saturated rings. The normalized spacial score (nSPS) is 14.8. The Hall–Kier alpha value is -1.59. The van der Waals surface area contributed by atoms with E-state index >= 15 is 0 Å². The van der Waals surface area contributed by atoms with Crippen LogP contribution in [0, 0.1) is 17.2 Å². The summed E-state index contributed by atoms with van der Waals surface area (Å²) in [4.78, 5) is 14.5. The van der Waals surface area contributed by atoms with Gasteiger partial charge in [0.25, 0.3) is 0 Å². The van der Waals surface area contributed by atoms with Crippen LogP contribution in [0.15, 0.2) is 5.16 Å². The number of aromatic nitrogens is 3. The lowest BCUT2D eigenvalue weighted by Gasteiger charge is -2.27. The molecule has 0 saturated heterocycles. The minimum atomic E-state index is -0.864. The molecule has 27 heavy (non-hydrogen) atoms. The monoisotopic (exact) mass is 394 g/mol. The summed E-state index contributed by atoms with van der Waals surface area (Å²) in [5.41, 5.74) is -0.864. The molecule has 7 nitrogen and oxygen atoms in total. The lowest BCUT2D eigenvalue weighted by molar-refractivity contribution is -0.120. The Morgan fingerprint density at radius 3 is 2.52 bits per heavy atom. The van der Waals surface area contributed by atoms with Crippen LogP contribution in [0.25, 0.3) is 0 Å². The number of carbonyl (C=O) groups is 1. The van der Waals surface area contributed by atoms with Crippen LogP contribution in [-0.2, 0) is 11.3 Å². The molecule has 1 amide bonds. The molecule has 2 atom stereocenters. The molecule has 0 saturated carbocycles. The van der Waals surface area contributed by atoms with Crippen LogP contribution in [-0.4, -0.2) is 51.0 Å². The fourth-order valence-corrected chi connectivity index (χ4v) is 3.49. The van der Waals surface area contributed by atoms with Crippen molar-refractivity contribution < 1.29 is 4.79 Å². The van der Waals surface area contributed by atoms with Gasteiger partial charge in [-0.1, -0.05) is 45.9 Å². The van der Waals surface area contributed by atoms with Gasteiger partial charge in [0.2, 0.25) is 5.91 Å². The van der Waals surface area contributed by atoms with Crippen LogP contribution in [0.5, 0.6) is 0 Å². The first-order valence-electron chi connectivity index (χ1n) is 9.64. The number of carbonyl (C=O) groups excluding carboxylic acids is 1. The molecule has 0 aliphatic carbocycles. The summed E-state index contributed by atoms with van der Waals surface area (Å²) >= 11 is 1.38. The smallest absolute Gasteiger partial charge is 0.231 e. The van der Waals surface area contributed by atoms with Gasteiger partial charge in [0, 0.05) is 6.54 Å². The molecule has 0 aliphatic rings. The highest BCUT2D eigenvalue weighted by Crippen LogP contribution is 2.26. The van der Waals surface area contributed by atoms with Gasteiger partial charge in [0.15, 0.2) is 11.0 Å². The summed E-state index contributed by atoms with van der Waals surface area (Å²) in [5.74, 6) is 1.03. The Bertz CT molecular complexity index is 651. The van der Waals surface area contributed by atoms with E-state index in [2.05, 4.69) is 44.9 Å². The summed E-state index contributed by atoms with van der Waals surface area (Å²) in [5, 5.41) is 21.8. The summed E-state index contributed by atoms with van der Waals surface area (Å²) in [6.45, 7) is 10.7. The van der Waals surface area contributed by atoms with E-state index in [1.807, 2.05) is 27.9 Å². The zero-order valence-electron chi connectivity index (χ0n) is 17.7. The second kappa shape index (κ2) is 10.7. The minimum absolute atomic E-state index is 0.0293. The van der Waals surface area contributed by atoms with E-state index in [1.54, 1.807) is 6.92 Å². The zero-order valence-corrected chi connectivity index (χ0v) is 18.6. The number of nitrogens with one attached hydrogen (secondary N) is 1. The van der Waals surface area contributed by atoms with Gasteiger partial charge in [0.05, 0.1) is 17.9 Å². The van der Waals surface area contributed by atoms with Crippen LogP contribution < -0.4 is 5.32 Å². The maximum atomic E-state index is 12.4. The van der Waals surface area contributed by atoms with E-state index in [1.165, 1.54) is 11.8 Å². The number of rotatable bonds is 11. The van der Waals surface area contributed by atoms with Crippen LogP contribution in [0.2, 0.25) is 0 Å². The minimum Gasteiger partial charge on any atom is -0.337 e. The first-order chi connectivity index (χ1) is 12.7. The van der Waals surface area contributed by atoms with Crippen molar-refractivity contribution in [1.29, 1.82) is 5.26 Å². The second-order valence-corrected chi connectivity index (χ2v) is 8.48. The molecule has 0 bridgehead atoms. The van der Waals surface area contributed by atoms with Crippen molar-refractivity contribution in [2.24, 2.45) is 5.92 Å². The number of nitrogens with zero attached hydrogens (tertiary/aromatic N) is 5. The third-order valence-electron chi connectivity index (χ3n) is 4.91. The van der Waals surface area contributed by atoms with Crippen molar-refractivity contribution in [1.82, 2.24) is 25.0 Å². The van der Waals surface area contributed by atoms with Crippen molar-refractivity contribution in [3.05, 3.63) is 5.82 Å². The molecule has 0 aromatic carbocycles. The topological polar surface area (TPSA) is 86.8 Å². The Balaban J connectivity index is 2.92. The quantitative estimate of drug-likeness (QED) is 0.580. The first kappa shape index (κ1) is 23.4. The molecule has 1 rings (SSSR count). The van der Waals surface area contributed by atoms with Crippen LogP contribution in [0.3, 0.4) is 0 Å². The molecule has 1 aromatic heterocycles. The summed E-state index contributed by atoms with van der Waals surface area (Å²) in [7, 11) is 4.09. The van der Waals surface area contributed by atoms with Crippen molar-refractivity contribution in [2.75, 3.05) is 19.8 Å². The van der Waals surface area contributed by atoms with Crippen molar-refractivity contribution in [2.45, 2.75) is 77.2 Å². The average molecular weight is 395 g/mol. The van der Waals surface area contributed by atoms with Crippen molar-refractivity contribution >= 4 is 17.7 Å². The maximum absolute atomic E-state index is 12.4. The summed E-state index contributed by atoms with van der Waals surface area (Å²) < 4.78 is 2.14. The summed E-state index contributed by atoms with van der Waals surface area (Å²) in [6.07, 6.45) is 3.06. The van der Waals surface area contributed by atoms with Gasteiger partial charge in [-0.3, -0.25) is 9.69 Å². The molecule has 0 unspecified atom stereocenters. The predicted molar refractivity (Wildman–Crippen MR) is 109 cm³/mol. The van der Waals surface area contributed by atoms with E-state index in [0.717, 1.165) is 36.8 Å². The molecule has 1 aromatic rings. The molecule has 152 valence electrons. The fraction of sp³-hybridized carbons (Fsp3) is 0.789. The molecule has 8 heteroatoms. The van der Waals surface area contributed by atoms with Gasteiger partial charge in [-0.2, -0.15) is 5.26 Å². The number of nitriles is 1. The third-order valence-corrected chi connectivity index (χ3v) is 5.87. The molecule has 1 N–H and O–H groups in total. The van der Waals surface area contributed by atoms with Gasteiger partial charge < -0.3 is 9.88 Å². The maximum Gasteiger partial charge on any atom is 0.231 e. The van der Waals surface area contributed by atoms with Crippen LogP contribution >= 0.6 is 11.8 Å². The average Bonchev–Trinajstić information content (AvgIpc) is 3.00. The van der Waals surface area contributed by atoms with Gasteiger partial charge in [0.1, 0.15) is 5.54 Å². The molecule has 0 radical (unpaired) electrons. The highest BCUT2D eigenvalue weighted by atomic mass is 32.2. The number of amides is 1. The summed E-state index contributed by atoms with van der Waals surface area (Å²) in [6, 6.07) is 2.40. The molecular formula is C19H34N6OS. The largest absolute Gasteiger partial charge is 0.337 e. The second-order valence-electron chi connectivity index (χ2n) is 7.54. The highest BCUT2D eigenvalue weighted by Gasteiger charge is 2.30. The number of hydrogen-bond donors (Lipinski definition) is 1. The number of hydrogen-bond acceptors (Lipinski definition) is 6.